The number of likely N-dealkylation sites (tertiary alicyclic amines) is 1. The highest BCUT2D eigenvalue weighted by Crippen LogP contribution is 2.31. The van der Waals surface area contributed by atoms with E-state index in [0.717, 1.165) is 4.90 Å². The van der Waals surface area contributed by atoms with Gasteiger partial charge in [0, 0.05) is 13.1 Å². The molecule has 1 amide bonds. The fourth-order valence-corrected chi connectivity index (χ4v) is 1.81. The highest BCUT2D eigenvalue weighted by Gasteiger charge is 2.55. The van der Waals surface area contributed by atoms with Gasteiger partial charge in [0.2, 0.25) is 0 Å². The zero-order valence-electron chi connectivity index (χ0n) is 9.83. The lowest BCUT2D eigenvalue weighted by Gasteiger charge is -2.36. The van der Waals surface area contributed by atoms with E-state index in [1.807, 2.05) is 0 Å². The van der Waals surface area contributed by atoms with Crippen LogP contribution in [-0.4, -0.2) is 46.7 Å². The fraction of sp³-hybridized carbons (Fsp3) is 0.800. The van der Waals surface area contributed by atoms with E-state index in [9.17, 15) is 22.8 Å². The van der Waals surface area contributed by atoms with Crippen molar-refractivity contribution < 1.29 is 27.9 Å². The number of carboxylic acid groups (broad SMARTS) is 1. The molecule has 0 spiro atoms. The first-order valence-electron chi connectivity index (χ1n) is 5.45. The molecule has 0 aromatic heterocycles. The summed E-state index contributed by atoms with van der Waals surface area (Å²) in [6, 6.07) is 0. The van der Waals surface area contributed by atoms with Crippen molar-refractivity contribution >= 4 is 11.9 Å². The Kier molecular flexibility index (Phi) is 3.89. The first kappa shape index (κ1) is 14.7. The first-order valence-corrected chi connectivity index (χ1v) is 5.45. The van der Waals surface area contributed by atoms with Crippen molar-refractivity contribution in [3.8, 4) is 0 Å². The number of amides is 1. The second-order valence-electron chi connectivity index (χ2n) is 4.63. The summed E-state index contributed by atoms with van der Waals surface area (Å²) in [4.78, 5) is 23.4. The van der Waals surface area contributed by atoms with E-state index in [-0.39, 0.29) is 13.1 Å². The molecule has 1 aliphatic heterocycles. The van der Waals surface area contributed by atoms with Crippen LogP contribution in [0.5, 0.6) is 0 Å². The molecule has 3 N–H and O–H groups in total. The molecule has 0 aromatic carbocycles. The maximum absolute atomic E-state index is 12.6. The van der Waals surface area contributed by atoms with Crippen LogP contribution in [0.4, 0.5) is 13.2 Å². The van der Waals surface area contributed by atoms with Gasteiger partial charge in [0.1, 0.15) is 0 Å². The van der Waals surface area contributed by atoms with Crippen LogP contribution in [0.3, 0.4) is 0 Å². The van der Waals surface area contributed by atoms with Gasteiger partial charge in [0.15, 0.2) is 5.54 Å². The quantitative estimate of drug-likeness (QED) is 0.767. The molecule has 1 aliphatic rings. The monoisotopic (exact) mass is 268 g/mol. The molecule has 1 unspecified atom stereocenters. The van der Waals surface area contributed by atoms with Crippen LogP contribution in [0.2, 0.25) is 0 Å². The molecular weight excluding hydrogens is 253 g/mol. The summed E-state index contributed by atoms with van der Waals surface area (Å²) in [6.07, 6.45) is -4.15. The standard InChI is InChI=1S/C10H15F3N2O3/c1-9(14,10(11,12)13)8(18)15-4-2-3-6(5-15)7(16)17/h6H,2-5,14H2,1H3,(H,16,17)/t6-,9?/m1/s1. The molecule has 2 atom stereocenters. The molecule has 1 fully saturated rings. The molecule has 0 radical (unpaired) electrons. The van der Waals surface area contributed by atoms with Gasteiger partial charge in [-0.15, -0.1) is 0 Å². The minimum atomic E-state index is -4.86. The molecule has 5 nitrogen and oxygen atoms in total. The number of alkyl halides is 3. The second-order valence-corrected chi connectivity index (χ2v) is 4.63. The molecule has 0 bridgehead atoms. The first-order chi connectivity index (χ1) is 8.07. The maximum atomic E-state index is 12.6. The summed E-state index contributed by atoms with van der Waals surface area (Å²) in [5.74, 6) is -3.22. The van der Waals surface area contributed by atoms with Crippen LogP contribution in [0, 0.1) is 5.92 Å². The highest BCUT2D eigenvalue weighted by molar-refractivity contribution is 5.87. The van der Waals surface area contributed by atoms with Crippen molar-refractivity contribution in [3.05, 3.63) is 0 Å². The predicted molar refractivity (Wildman–Crippen MR) is 55.6 cm³/mol. The lowest BCUT2D eigenvalue weighted by molar-refractivity contribution is -0.194. The number of piperidine rings is 1. The van der Waals surface area contributed by atoms with E-state index in [4.69, 9.17) is 10.8 Å². The third-order valence-electron chi connectivity index (χ3n) is 3.09. The molecule has 0 aliphatic carbocycles. The van der Waals surface area contributed by atoms with Crippen LogP contribution in [0.1, 0.15) is 19.8 Å². The van der Waals surface area contributed by atoms with Gasteiger partial charge in [-0.05, 0) is 19.8 Å². The fourth-order valence-electron chi connectivity index (χ4n) is 1.81. The van der Waals surface area contributed by atoms with Crippen molar-refractivity contribution in [2.45, 2.75) is 31.5 Å². The van der Waals surface area contributed by atoms with Gasteiger partial charge in [-0.3, -0.25) is 9.59 Å². The summed E-state index contributed by atoms with van der Waals surface area (Å²) >= 11 is 0. The van der Waals surface area contributed by atoms with Crippen LogP contribution >= 0.6 is 0 Å². The van der Waals surface area contributed by atoms with Gasteiger partial charge in [-0.2, -0.15) is 13.2 Å². The molecule has 18 heavy (non-hydrogen) atoms. The smallest absolute Gasteiger partial charge is 0.415 e. The topological polar surface area (TPSA) is 83.6 Å². The summed E-state index contributed by atoms with van der Waals surface area (Å²) in [5, 5.41) is 8.81. The number of carbonyl (C=O) groups excluding carboxylic acids is 1. The number of hydrogen-bond acceptors (Lipinski definition) is 3. The number of rotatable bonds is 2. The summed E-state index contributed by atoms with van der Waals surface area (Å²) < 4.78 is 37.8. The van der Waals surface area contributed by atoms with Gasteiger partial charge in [-0.1, -0.05) is 0 Å². The molecule has 104 valence electrons. The Bertz CT molecular complexity index is 355. The van der Waals surface area contributed by atoms with E-state index < -0.39 is 29.5 Å². The number of aliphatic carboxylic acids is 1. The number of carboxylic acids is 1. The SMILES string of the molecule is CC(N)(C(=O)N1CCC[C@@H](C(=O)O)C1)C(F)(F)F. The molecule has 0 aromatic rings. The summed E-state index contributed by atoms with van der Waals surface area (Å²) in [5.41, 5.74) is 2.05. The Labute approximate surface area is 102 Å². The average Bonchev–Trinajstić information content (AvgIpc) is 2.26. The normalized spacial score (nSPS) is 24.5. The molecule has 8 heteroatoms. The van der Waals surface area contributed by atoms with E-state index in [2.05, 4.69) is 0 Å². The minimum absolute atomic E-state index is 0.103. The lowest BCUT2D eigenvalue weighted by Crippen LogP contribution is -2.63. The maximum Gasteiger partial charge on any atom is 0.415 e. The number of nitrogens with zero attached hydrogens (tertiary/aromatic N) is 1. The van der Waals surface area contributed by atoms with E-state index in [1.54, 1.807) is 0 Å². The highest BCUT2D eigenvalue weighted by atomic mass is 19.4. The second kappa shape index (κ2) is 4.75. The Morgan fingerprint density at radius 1 is 1.39 bits per heavy atom. The Morgan fingerprint density at radius 3 is 2.39 bits per heavy atom. The molecular formula is C10H15F3N2O3. The van der Waals surface area contributed by atoms with Crippen LogP contribution in [0.15, 0.2) is 0 Å². The largest absolute Gasteiger partial charge is 0.481 e. The Morgan fingerprint density at radius 2 is 1.94 bits per heavy atom. The van der Waals surface area contributed by atoms with E-state index in [0.29, 0.717) is 19.8 Å². The Hall–Kier alpha value is -1.31. The van der Waals surface area contributed by atoms with Gasteiger partial charge >= 0.3 is 12.1 Å². The zero-order chi connectivity index (χ0) is 14.1. The number of hydrogen-bond donors (Lipinski definition) is 2. The van der Waals surface area contributed by atoms with Gasteiger partial charge < -0.3 is 15.7 Å². The lowest BCUT2D eigenvalue weighted by atomic mass is 9.94. The van der Waals surface area contributed by atoms with Crippen LogP contribution in [-0.2, 0) is 9.59 Å². The van der Waals surface area contributed by atoms with Crippen LogP contribution < -0.4 is 5.73 Å². The molecule has 1 rings (SSSR count). The third-order valence-corrected chi connectivity index (χ3v) is 3.09. The predicted octanol–water partition coefficient (Wildman–Crippen LogP) is 0.589. The number of halogens is 3. The average molecular weight is 268 g/mol. The van der Waals surface area contributed by atoms with Crippen LogP contribution in [0.25, 0.3) is 0 Å². The molecule has 0 saturated carbocycles. The van der Waals surface area contributed by atoms with E-state index in [1.165, 1.54) is 0 Å². The van der Waals surface area contributed by atoms with Gasteiger partial charge in [0.25, 0.3) is 5.91 Å². The number of nitrogens with two attached hydrogens (primary N) is 1. The summed E-state index contributed by atoms with van der Waals surface area (Å²) in [6.45, 7) is 0.474. The third kappa shape index (κ3) is 2.74. The minimum Gasteiger partial charge on any atom is -0.481 e. The van der Waals surface area contributed by atoms with Crippen molar-refractivity contribution in [2.75, 3.05) is 13.1 Å². The zero-order valence-corrected chi connectivity index (χ0v) is 9.83. The van der Waals surface area contributed by atoms with Crippen molar-refractivity contribution in [1.29, 1.82) is 0 Å². The molecule has 1 heterocycles. The van der Waals surface area contributed by atoms with Crippen molar-refractivity contribution in [2.24, 2.45) is 11.7 Å². The molecule has 1 saturated heterocycles. The Balaban J connectivity index is 2.82. The summed E-state index contributed by atoms with van der Waals surface area (Å²) in [7, 11) is 0. The van der Waals surface area contributed by atoms with Gasteiger partial charge in [-0.25, -0.2) is 0 Å². The van der Waals surface area contributed by atoms with E-state index >= 15 is 0 Å². The number of carbonyl (C=O) groups is 2. The van der Waals surface area contributed by atoms with Crippen molar-refractivity contribution in [1.82, 2.24) is 4.90 Å². The van der Waals surface area contributed by atoms with Crippen molar-refractivity contribution in [3.63, 3.8) is 0 Å². The van der Waals surface area contributed by atoms with Gasteiger partial charge in [0.05, 0.1) is 5.92 Å².